The molecule has 132 valence electrons. The molecular formula is C15H20Cl3N5O. The lowest BCUT2D eigenvalue weighted by molar-refractivity contribution is -0.134. The average molecular weight is 393 g/mol. The van der Waals surface area contributed by atoms with Gasteiger partial charge in [-0.3, -0.25) is 9.89 Å². The zero-order valence-electron chi connectivity index (χ0n) is 12.9. The number of hydrogen-bond donors (Lipinski definition) is 2. The van der Waals surface area contributed by atoms with Crippen LogP contribution in [0.1, 0.15) is 23.9 Å². The van der Waals surface area contributed by atoms with Crippen molar-refractivity contribution < 1.29 is 4.79 Å². The number of aryl methyl sites for hydroxylation is 1. The van der Waals surface area contributed by atoms with Crippen LogP contribution in [0, 0.1) is 0 Å². The summed E-state index contributed by atoms with van der Waals surface area (Å²) in [7, 11) is 0. The molecule has 0 spiro atoms. The second-order valence-corrected chi connectivity index (χ2v) is 5.73. The van der Waals surface area contributed by atoms with Crippen molar-refractivity contribution in [3.05, 3.63) is 47.0 Å². The fourth-order valence-corrected chi connectivity index (χ4v) is 2.93. The molecule has 1 aliphatic heterocycles. The maximum Gasteiger partial charge on any atom is 0.223 e. The van der Waals surface area contributed by atoms with Gasteiger partial charge in [0.05, 0.1) is 6.04 Å². The molecule has 1 unspecified atom stereocenters. The normalized spacial score (nSPS) is 16.9. The van der Waals surface area contributed by atoms with E-state index in [4.69, 9.17) is 11.6 Å². The van der Waals surface area contributed by atoms with Crippen molar-refractivity contribution in [1.82, 2.24) is 25.4 Å². The number of rotatable bonds is 4. The molecule has 1 amide bonds. The third-order valence-corrected chi connectivity index (χ3v) is 4.07. The van der Waals surface area contributed by atoms with Crippen molar-refractivity contribution in [2.45, 2.75) is 18.9 Å². The topological polar surface area (TPSA) is 73.9 Å². The molecule has 0 saturated carbocycles. The van der Waals surface area contributed by atoms with Crippen LogP contribution in [0.2, 0.25) is 5.02 Å². The highest BCUT2D eigenvalue weighted by molar-refractivity contribution is 6.30. The summed E-state index contributed by atoms with van der Waals surface area (Å²) in [6.07, 6.45) is 2.46. The predicted molar refractivity (Wildman–Crippen MR) is 98.0 cm³/mol. The number of aromatic amines is 1. The van der Waals surface area contributed by atoms with Gasteiger partial charge in [-0.1, -0.05) is 23.7 Å². The fraction of sp³-hybridized carbons (Fsp3) is 0.400. The van der Waals surface area contributed by atoms with Gasteiger partial charge < -0.3 is 10.2 Å². The first-order valence-electron chi connectivity index (χ1n) is 7.34. The third kappa shape index (κ3) is 5.08. The number of halogens is 3. The Morgan fingerprint density at radius 1 is 1.38 bits per heavy atom. The minimum Gasteiger partial charge on any atom is -0.333 e. The van der Waals surface area contributed by atoms with Crippen molar-refractivity contribution in [3.63, 3.8) is 0 Å². The standard InChI is InChI=1S/C15H18ClN5O.2ClH/c16-12-3-1-2-11(8-12)13-9-17-6-7-21(13)15(22)5-4-14-18-10-19-20-14;;/h1-3,8,10,13,17H,4-7,9H2,(H,18,19,20);2*1H. The van der Waals surface area contributed by atoms with Crippen LogP contribution in [0.4, 0.5) is 0 Å². The lowest BCUT2D eigenvalue weighted by atomic mass is 10.0. The molecule has 0 aliphatic carbocycles. The highest BCUT2D eigenvalue weighted by Gasteiger charge is 2.27. The van der Waals surface area contributed by atoms with Crippen LogP contribution in [-0.2, 0) is 11.2 Å². The van der Waals surface area contributed by atoms with Crippen LogP contribution in [0.15, 0.2) is 30.6 Å². The molecule has 1 saturated heterocycles. The molecule has 2 heterocycles. The van der Waals surface area contributed by atoms with E-state index in [1.807, 2.05) is 29.2 Å². The highest BCUT2D eigenvalue weighted by Crippen LogP contribution is 2.25. The molecule has 1 aromatic heterocycles. The van der Waals surface area contributed by atoms with Crippen molar-refractivity contribution in [3.8, 4) is 0 Å². The smallest absolute Gasteiger partial charge is 0.223 e. The first-order valence-corrected chi connectivity index (χ1v) is 7.72. The molecule has 24 heavy (non-hydrogen) atoms. The van der Waals surface area contributed by atoms with Gasteiger partial charge in [-0.25, -0.2) is 4.98 Å². The second-order valence-electron chi connectivity index (χ2n) is 5.29. The van der Waals surface area contributed by atoms with E-state index in [-0.39, 0.29) is 36.8 Å². The predicted octanol–water partition coefficient (Wildman–Crippen LogP) is 2.41. The molecule has 6 nitrogen and oxygen atoms in total. The molecule has 1 atom stereocenters. The quantitative estimate of drug-likeness (QED) is 0.838. The van der Waals surface area contributed by atoms with Gasteiger partial charge in [-0.05, 0) is 17.7 Å². The number of benzene rings is 1. The van der Waals surface area contributed by atoms with Crippen LogP contribution in [0.3, 0.4) is 0 Å². The molecule has 2 aromatic rings. The molecule has 0 bridgehead atoms. The van der Waals surface area contributed by atoms with E-state index in [9.17, 15) is 4.79 Å². The van der Waals surface area contributed by atoms with Crippen LogP contribution in [-0.4, -0.2) is 45.6 Å². The van der Waals surface area contributed by atoms with Crippen molar-refractivity contribution in [2.24, 2.45) is 0 Å². The molecule has 1 aliphatic rings. The zero-order valence-corrected chi connectivity index (χ0v) is 15.3. The molecule has 3 rings (SSSR count). The van der Waals surface area contributed by atoms with Gasteiger partial charge in [-0.15, -0.1) is 24.8 Å². The van der Waals surface area contributed by atoms with E-state index in [2.05, 4.69) is 20.5 Å². The van der Waals surface area contributed by atoms with E-state index in [1.165, 1.54) is 6.33 Å². The largest absolute Gasteiger partial charge is 0.333 e. The second kappa shape index (κ2) is 9.84. The van der Waals surface area contributed by atoms with E-state index >= 15 is 0 Å². The minimum absolute atomic E-state index is 0. The van der Waals surface area contributed by atoms with Gasteiger partial charge in [0.25, 0.3) is 0 Å². The van der Waals surface area contributed by atoms with Crippen LogP contribution in [0.5, 0.6) is 0 Å². The van der Waals surface area contributed by atoms with E-state index in [0.29, 0.717) is 24.4 Å². The van der Waals surface area contributed by atoms with Crippen molar-refractivity contribution >= 4 is 42.3 Å². The summed E-state index contributed by atoms with van der Waals surface area (Å²) < 4.78 is 0. The van der Waals surface area contributed by atoms with Gasteiger partial charge in [-0.2, -0.15) is 5.10 Å². The number of piperazine rings is 1. The number of nitrogens with one attached hydrogen (secondary N) is 2. The first kappa shape index (κ1) is 20.7. The Morgan fingerprint density at radius 3 is 2.92 bits per heavy atom. The maximum atomic E-state index is 12.6. The number of carbonyl (C=O) groups excluding carboxylic acids is 1. The fourth-order valence-electron chi connectivity index (χ4n) is 2.73. The third-order valence-electron chi connectivity index (χ3n) is 3.84. The van der Waals surface area contributed by atoms with Gasteiger partial charge >= 0.3 is 0 Å². The van der Waals surface area contributed by atoms with Gasteiger partial charge in [0.2, 0.25) is 5.91 Å². The summed E-state index contributed by atoms with van der Waals surface area (Å²) >= 11 is 6.08. The SMILES string of the molecule is Cl.Cl.O=C(CCc1ncn[nH]1)N1CCNCC1c1cccc(Cl)c1. The summed E-state index contributed by atoms with van der Waals surface area (Å²) in [6, 6.07) is 7.73. The van der Waals surface area contributed by atoms with Crippen molar-refractivity contribution in [2.75, 3.05) is 19.6 Å². The van der Waals surface area contributed by atoms with Gasteiger partial charge in [0, 0.05) is 37.5 Å². The molecule has 1 aromatic carbocycles. The lowest BCUT2D eigenvalue weighted by Crippen LogP contribution is -2.48. The van der Waals surface area contributed by atoms with E-state index < -0.39 is 0 Å². The first-order chi connectivity index (χ1) is 10.7. The summed E-state index contributed by atoms with van der Waals surface area (Å²) in [4.78, 5) is 18.5. The Morgan fingerprint density at radius 2 is 2.21 bits per heavy atom. The highest BCUT2D eigenvalue weighted by atomic mass is 35.5. The molecule has 0 radical (unpaired) electrons. The monoisotopic (exact) mass is 391 g/mol. The van der Waals surface area contributed by atoms with Crippen LogP contribution < -0.4 is 5.32 Å². The number of nitrogens with zero attached hydrogens (tertiary/aromatic N) is 3. The van der Waals surface area contributed by atoms with Crippen molar-refractivity contribution in [1.29, 1.82) is 0 Å². The summed E-state index contributed by atoms with van der Waals surface area (Å²) in [5.74, 6) is 0.866. The molecule has 1 fully saturated rings. The van der Waals surface area contributed by atoms with E-state index in [0.717, 1.165) is 24.5 Å². The Hall–Kier alpha value is -1.34. The number of H-pyrrole nitrogens is 1. The molecule has 2 N–H and O–H groups in total. The number of aromatic nitrogens is 3. The Kier molecular flexibility index (Phi) is 8.48. The molecule has 9 heteroatoms. The Bertz CT molecular complexity index is 638. The zero-order chi connectivity index (χ0) is 15.4. The number of carbonyl (C=O) groups is 1. The molecular weight excluding hydrogens is 373 g/mol. The summed E-state index contributed by atoms with van der Waals surface area (Å²) in [5, 5.41) is 10.6. The van der Waals surface area contributed by atoms with Gasteiger partial charge in [0.1, 0.15) is 12.2 Å². The van der Waals surface area contributed by atoms with Gasteiger partial charge in [0.15, 0.2) is 0 Å². The van der Waals surface area contributed by atoms with Crippen LogP contribution in [0.25, 0.3) is 0 Å². The summed E-state index contributed by atoms with van der Waals surface area (Å²) in [6.45, 7) is 2.26. The maximum absolute atomic E-state index is 12.6. The average Bonchev–Trinajstić information content (AvgIpc) is 3.06. The number of amides is 1. The lowest BCUT2D eigenvalue weighted by Gasteiger charge is -2.36. The minimum atomic E-state index is 0. The number of hydrogen-bond acceptors (Lipinski definition) is 4. The summed E-state index contributed by atoms with van der Waals surface area (Å²) in [5.41, 5.74) is 1.06. The Balaban J connectivity index is 0.00000144. The van der Waals surface area contributed by atoms with Crippen LogP contribution >= 0.6 is 36.4 Å². The van der Waals surface area contributed by atoms with E-state index in [1.54, 1.807) is 0 Å². The Labute approximate surface area is 158 Å².